The third-order valence-corrected chi connectivity index (χ3v) is 3.74. The van der Waals surface area contributed by atoms with Gasteiger partial charge in [-0.2, -0.15) is 0 Å². The Balaban J connectivity index is 1.81. The van der Waals surface area contributed by atoms with Crippen LogP contribution < -0.4 is 5.32 Å². The summed E-state index contributed by atoms with van der Waals surface area (Å²) >= 11 is 0. The summed E-state index contributed by atoms with van der Waals surface area (Å²) in [5.41, 5.74) is 0.335. The summed E-state index contributed by atoms with van der Waals surface area (Å²) in [6, 6.07) is 3.71. The van der Waals surface area contributed by atoms with Crippen LogP contribution in [-0.2, 0) is 6.54 Å². The Hall–Kier alpha value is -1.69. The number of carbonyl (C=O) groups excluding carboxylic acids is 1. The van der Waals surface area contributed by atoms with E-state index in [0.29, 0.717) is 25.2 Å². The first-order chi connectivity index (χ1) is 9.97. The van der Waals surface area contributed by atoms with E-state index in [1.807, 2.05) is 0 Å². The summed E-state index contributed by atoms with van der Waals surface area (Å²) in [5, 5.41) is 3.24. The van der Waals surface area contributed by atoms with Crippen LogP contribution >= 0.6 is 0 Å². The molecule has 0 saturated carbocycles. The van der Waals surface area contributed by atoms with Crippen molar-refractivity contribution in [1.82, 2.24) is 15.1 Å². The van der Waals surface area contributed by atoms with Gasteiger partial charge in [0.25, 0.3) is 0 Å². The first kappa shape index (κ1) is 15.7. The number of benzene rings is 1. The fourth-order valence-corrected chi connectivity index (χ4v) is 2.49. The summed E-state index contributed by atoms with van der Waals surface area (Å²) in [5.74, 6) is -0.830. The number of carbonyl (C=O) groups is 1. The molecule has 0 aliphatic carbocycles. The predicted molar refractivity (Wildman–Crippen MR) is 76.9 cm³/mol. The largest absolute Gasteiger partial charge is 0.331 e. The highest BCUT2D eigenvalue weighted by atomic mass is 19.1. The number of likely N-dealkylation sites (tertiary alicyclic amines) is 1. The molecule has 21 heavy (non-hydrogen) atoms. The third-order valence-electron chi connectivity index (χ3n) is 3.74. The molecule has 0 unspecified atom stereocenters. The molecule has 1 aromatic rings. The minimum absolute atomic E-state index is 0.0182. The first-order valence-corrected chi connectivity index (χ1v) is 7.11. The topological polar surface area (TPSA) is 35.6 Å². The molecule has 0 spiro atoms. The minimum Gasteiger partial charge on any atom is -0.331 e. The summed E-state index contributed by atoms with van der Waals surface area (Å²) in [6.45, 7) is 1.66. The smallest absolute Gasteiger partial charge is 0.319 e. The van der Waals surface area contributed by atoms with Gasteiger partial charge < -0.3 is 15.1 Å². The number of hydrogen-bond acceptors (Lipinski definition) is 2. The number of hydrogen-bond donors (Lipinski definition) is 1. The van der Waals surface area contributed by atoms with Gasteiger partial charge in [0.2, 0.25) is 0 Å². The molecular weight excluding hydrogens is 276 g/mol. The molecule has 6 heteroatoms. The van der Waals surface area contributed by atoms with Crippen molar-refractivity contribution >= 4 is 6.03 Å². The van der Waals surface area contributed by atoms with Crippen molar-refractivity contribution in [3.8, 4) is 0 Å². The maximum atomic E-state index is 13.5. The molecule has 0 aromatic heterocycles. The number of piperidine rings is 1. The van der Waals surface area contributed by atoms with E-state index in [1.54, 1.807) is 23.9 Å². The molecule has 0 atom stereocenters. The minimum atomic E-state index is -0.431. The number of urea groups is 1. The van der Waals surface area contributed by atoms with E-state index in [9.17, 15) is 13.6 Å². The van der Waals surface area contributed by atoms with Gasteiger partial charge in [-0.25, -0.2) is 13.6 Å². The zero-order valence-corrected chi connectivity index (χ0v) is 12.4. The van der Waals surface area contributed by atoms with Gasteiger partial charge in [-0.3, -0.25) is 0 Å². The quantitative estimate of drug-likeness (QED) is 0.928. The molecule has 0 radical (unpaired) electrons. The van der Waals surface area contributed by atoms with E-state index in [0.717, 1.165) is 25.0 Å². The molecule has 2 amide bonds. The Morgan fingerprint density at radius 1 is 1.33 bits per heavy atom. The number of amides is 2. The second kappa shape index (κ2) is 6.85. The molecule has 4 nitrogen and oxygen atoms in total. The predicted octanol–water partition coefficient (Wildman–Crippen LogP) is 2.20. The van der Waals surface area contributed by atoms with Crippen LogP contribution in [0.2, 0.25) is 0 Å². The first-order valence-electron chi connectivity index (χ1n) is 7.11. The van der Waals surface area contributed by atoms with Crippen LogP contribution in [0.15, 0.2) is 18.2 Å². The van der Waals surface area contributed by atoms with E-state index >= 15 is 0 Å². The average Bonchev–Trinajstić information content (AvgIpc) is 2.48. The molecular formula is C15H21F2N3O. The number of rotatable bonds is 3. The van der Waals surface area contributed by atoms with Crippen molar-refractivity contribution in [2.75, 3.05) is 27.2 Å². The van der Waals surface area contributed by atoms with E-state index in [2.05, 4.69) is 5.32 Å². The van der Waals surface area contributed by atoms with Gasteiger partial charge in [0.15, 0.2) is 0 Å². The molecule has 1 fully saturated rings. The normalized spacial score (nSPS) is 16.1. The van der Waals surface area contributed by atoms with Crippen molar-refractivity contribution in [3.05, 3.63) is 35.4 Å². The molecule has 2 rings (SSSR count). The third kappa shape index (κ3) is 4.14. The Morgan fingerprint density at radius 2 is 2.00 bits per heavy atom. The van der Waals surface area contributed by atoms with Gasteiger partial charge in [0.05, 0.1) is 0 Å². The summed E-state index contributed by atoms with van der Waals surface area (Å²) in [4.78, 5) is 15.2. The van der Waals surface area contributed by atoms with Crippen molar-refractivity contribution in [2.45, 2.75) is 25.4 Å². The SMILES string of the molecule is CN(C)C(=O)N1CCC(NCc2cc(F)ccc2F)CC1. The standard InChI is InChI=1S/C15H21F2N3O/c1-19(2)15(21)20-7-5-13(6-8-20)18-10-11-9-12(16)3-4-14(11)17/h3-4,9,13,18H,5-8,10H2,1-2H3. The summed E-state index contributed by atoms with van der Waals surface area (Å²) < 4.78 is 26.6. The van der Waals surface area contributed by atoms with Crippen molar-refractivity contribution in [2.24, 2.45) is 0 Å². The summed E-state index contributed by atoms with van der Waals surface area (Å²) in [7, 11) is 3.47. The lowest BCUT2D eigenvalue weighted by Crippen LogP contribution is -2.47. The lowest BCUT2D eigenvalue weighted by Gasteiger charge is -2.34. The van der Waals surface area contributed by atoms with Crippen molar-refractivity contribution in [3.63, 3.8) is 0 Å². The van der Waals surface area contributed by atoms with Crippen LogP contribution in [0.5, 0.6) is 0 Å². The monoisotopic (exact) mass is 297 g/mol. The van der Waals surface area contributed by atoms with Gasteiger partial charge in [0, 0.05) is 45.3 Å². The van der Waals surface area contributed by atoms with E-state index in [4.69, 9.17) is 0 Å². The highest BCUT2D eigenvalue weighted by Gasteiger charge is 2.23. The lowest BCUT2D eigenvalue weighted by atomic mass is 10.0. The van der Waals surface area contributed by atoms with Crippen LogP contribution in [0.25, 0.3) is 0 Å². The zero-order chi connectivity index (χ0) is 15.4. The molecule has 1 N–H and O–H groups in total. The summed E-state index contributed by atoms with van der Waals surface area (Å²) in [6.07, 6.45) is 1.63. The second-order valence-electron chi connectivity index (χ2n) is 5.55. The van der Waals surface area contributed by atoms with Gasteiger partial charge in [-0.05, 0) is 31.0 Å². The van der Waals surface area contributed by atoms with Crippen LogP contribution in [-0.4, -0.2) is 49.1 Å². The molecule has 116 valence electrons. The molecule has 1 heterocycles. The van der Waals surface area contributed by atoms with Crippen molar-refractivity contribution < 1.29 is 13.6 Å². The van der Waals surface area contributed by atoms with Crippen LogP contribution in [0.1, 0.15) is 18.4 Å². The van der Waals surface area contributed by atoms with Gasteiger partial charge in [-0.1, -0.05) is 0 Å². The number of halogens is 2. The van der Waals surface area contributed by atoms with E-state index in [1.165, 1.54) is 6.07 Å². The second-order valence-corrected chi connectivity index (χ2v) is 5.55. The fraction of sp³-hybridized carbons (Fsp3) is 0.533. The number of nitrogens with one attached hydrogen (secondary N) is 1. The molecule has 1 saturated heterocycles. The highest BCUT2D eigenvalue weighted by molar-refractivity contribution is 5.73. The van der Waals surface area contributed by atoms with Crippen LogP contribution in [0.4, 0.5) is 13.6 Å². The van der Waals surface area contributed by atoms with Gasteiger partial charge in [0.1, 0.15) is 11.6 Å². The van der Waals surface area contributed by atoms with Crippen molar-refractivity contribution in [1.29, 1.82) is 0 Å². The highest BCUT2D eigenvalue weighted by Crippen LogP contribution is 2.14. The van der Waals surface area contributed by atoms with Gasteiger partial charge >= 0.3 is 6.03 Å². The van der Waals surface area contributed by atoms with E-state index < -0.39 is 11.6 Å². The average molecular weight is 297 g/mol. The fourth-order valence-electron chi connectivity index (χ4n) is 2.49. The lowest BCUT2D eigenvalue weighted by molar-refractivity contribution is 0.152. The van der Waals surface area contributed by atoms with Crippen LogP contribution in [0.3, 0.4) is 0 Å². The molecule has 1 aliphatic heterocycles. The Kier molecular flexibility index (Phi) is 5.12. The Bertz CT molecular complexity index is 500. The Morgan fingerprint density at radius 3 is 2.62 bits per heavy atom. The molecule has 1 aromatic carbocycles. The zero-order valence-electron chi connectivity index (χ0n) is 12.4. The molecule has 1 aliphatic rings. The maximum Gasteiger partial charge on any atom is 0.319 e. The van der Waals surface area contributed by atoms with Crippen LogP contribution in [0, 0.1) is 11.6 Å². The Labute approximate surface area is 123 Å². The number of nitrogens with zero attached hydrogens (tertiary/aromatic N) is 2. The molecule has 0 bridgehead atoms. The maximum absolute atomic E-state index is 13.5. The van der Waals surface area contributed by atoms with E-state index in [-0.39, 0.29) is 12.1 Å². The van der Waals surface area contributed by atoms with Gasteiger partial charge in [-0.15, -0.1) is 0 Å².